The molecule has 2 atom stereocenters. The van der Waals surface area contributed by atoms with Crippen molar-refractivity contribution in [3.05, 3.63) is 110 Å². The predicted molar refractivity (Wildman–Crippen MR) is 190 cm³/mol. The Morgan fingerprint density at radius 2 is 0.980 bits per heavy atom. The largest absolute Gasteiger partial charge is 0.463 e. The van der Waals surface area contributed by atoms with Gasteiger partial charge in [-0.25, -0.2) is 0 Å². The Labute approximate surface area is 285 Å². The Morgan fingerprint density at radius 1 is 0.551 bits per heavy atom. The normalized spacial score (nSPS) is 18.4. The Morgan fingerprint density at radius 3 is 1.51 bits per heavy atom. The number of fused-ring (bicyclic) bond motifs is 6. The van der Waals surface area contributed by atoms with Crippen LogP contribution >= 0.6 is 14.7 Å². The summed E-state index contributed by atoms with van der Waals surface area (Å²) < 4.78 is 57.6. The molecule has 49 heavy (non-hydrogen) atoms. The number of unbranched alkanes of at least 4 members (excludes halogenated alkanes) is 1. The van der Waals surface area contributed by atoms with E-state index in [1.807, 2.05) is 97.1 Å². The number of aromatic nitrogens is 3. The van der Waals surface area contributed by atoms with Crippen LogP contribution in [0.2, 0.25) is 0 Å². The van der Waals surface area contributed by atoms with E-state index in [4.69, 9.17) is 23.3 Å². The fraction of sp³-hybridized carbons (Fsp3) is 0.216. The SMILES string of the molecule is C=CCOc1nc(OCCCCP2(=O)Oc3ccccc3-c3ccccc32)nc(OCCCP2(=O)Oc3ccccc3-c3ccccc32)n1. The topological polar surface area (TPSA) is 119 Å². The fourth-order valence-corrected chi connectivity index (χ4v) is 10.7. The first-order chi connectivity index (χ1) is 24.0. The van der Waals surface area contributed by atoms with Gasteiger partial charge in [-0.2, -0.15) is 0 Å². The number of rotatable bonds is 14. The van der Waals surface area contributed by atoms with E-state index in [9.17, 15) is 9.13 Å². The van der Waals surface area contributed by atoms with Gasteiger partial charge in [-0.3, -0.25) is 9.13 Å². The molecule has 0 N–H and O–H groups in total. The maximum atomic E-state index is 14.1. The van der Waals surface area contributed by atoms with E-state index in [1.54, 1.807) is 6.08 Å². The fourth-order valence-electron chi connectivity index (χ4n) is 5.95. The third-order valence-corrected chi connectivity index (χ3v) is 13.2. The zero-order chi connectivity index (χ0) is 33.7. The summed E-state index contributed by atoms with van der Waals surface area (Å²) >= 11 is 0. The quantitative estimate of drug-likeness (QED) is 0.0650. The molecule has 0 saturated carbocycles. The van der Waals surface area contributed by atoms with Gasteiger partial charge in [0.1, 0.15) is 18.1 Å². The van der Waals surface area contributed by atoms with Crippen molar-refractivity contribution in [2.45, 2.75) is 19.3 Å². The van der Waals surface area contributed by atoms with Crippen molar-refractivity contribution < 1.29 is 32.4 Å². The molecule has 0 spiro atoms. The van der Waals surface area contributed by atoms with E-state index in [2.05, 4.69) is 21.5 Å². The van der Waals surface area contributed by atoms with Crippen LogP contribution in [0.15, 0.2) is 110 Å². The first-order valence-corrected chi connectivity index (χ1v) is 19.8. The van der Waals surface area contributed by atoms with Crippen LogP contribution in [0, 0.1) is 0 Å². The highest BCUT2D eigenvalue weighted by Crippen LogP contribution is 2.56. The highest BCUT2D eigenvalue weighted by atomic mass is 31.2. The van der Waals surface area contributed by atoms with Crippen molar-refractivity contribution >= 4 is 25.3 Å². The maximum Gasteiger partial charge on any atom is 0.326 e. The molecule has 5 aromatic rings. The van der Waals surface area contributed by atoms with E-state index in [1.165, 1.54) is 0 Å². The minimum Gasteiger partial charge on any atom is -0.463 e. The summed E-state index contributed by atoms with van der Waals surface area (Å²) in [6.07, 6.45) is 3.82. The predicted octanol–water partition coefficient (Wildman–Crippen LogP) is 7.69. The third-order valence-electron chi connectivity index (χ3n) is 8.20. The van der Waals surface area contributed by atoms with Crippen LogP contribution in [-0.2, 0) is 9.13 Å². The molecule has 0 amide bonds. The molecule has 2 aliphatic rings. The second kappa shape index (κ2) is 14.3. The van der Waals surface area contributed by atoms with Crippen molar-refractivity contribution in [3.8, 4) is 51.8 Å². The summed E-state index contributed by atoms with van der Waals surface area (Å²) in [5.41, 5.74) is 3.74. The minimum atomic E-state index is -3.18. The number of benzene rings is 4. The average molecular weight is 696 g/mol. The van der Waals surface area contributed by atoms with Crippen LogP contribution in [0.1, 0.15) is 19.3 Å². The molecule has 250 valence electrons. The first-order valence-electron chi connectivity index (χ1n) is 16.2. The lowest BCUT2D eigenvalue weighted by Crippen LogP contribution is -2.20. The molecule has 10 nitrogen and oxygen atoms in total. The van der Waals surface area contributed by atoms with Gasteiger partial charge < -0.3 is 23.3 Å². The highest BCUT2D eigenvalue weighted by Gasteiger charge is 2.36. The molecule has 2 aliphatic heterocycles. The number of hydrogen-bond donors (Lipinski definition) is 0. The molecule has 4 aromatic carbocycles. The molecule has 2 unspecified atom stereocenters. The van der Waals surface area contributed by atoms with E-state index >= 15 is 0 Å². The van der Waals surface area contributed by atoms with Gasteiger partial charge in [0, 0.05) is 23.5 Å². The van der Waals surface area contributed by atoms with Gasteiger partial charge in [-0.1, -0.05) is 85.5 Å². The Bertz CT molecular complexity index is 2090. The van der Waals surface area contributed by atoms with Crippen LogP contribution in [0.25, 0.3) is 22.3 Å². The molecule has 0 fully saturated rings. The smallest absolute Gasteiger partial charge is 0.326 e. The van der Waals surface area contributed by atoms with E-state index < -0.39 is 14.7 Å². The van der Waals surface area contributed by atoms with Gasteiger partial charge in [0.15, 0.2) is 0 Å². The van der Waals surface area contributed by atoms with Crippen molar-refractivity contribution in [1.29, 1.82) is 0 Å². The number of para-hydroxylation sites is 2. The van der Waals surface area contributed by atoms with Gasteiger partial charge in [0.05, 0.1) is 23.8 Å². The van der Waals surface area contributed by atoms with Crippen molar-refractivity contribution in [2.75, 3.05) is 32.1 Å². The molecule has 1 aromatic heterocycles. The van der Waals surface area contributed by atoms with Gasteiger partial charge in [-0.15, -0.1) is 15.0 Å². The van der Waals surface area contributed by atoms with E-state index in [0.717, 1.165) is 27.6 Å². The molecule has 0 aliphatic carbocycles. The second-order valence-corrected chi connectivity index (χ2v) is 16.5. The van der Waals surface area contributed by atoms with Gasteiger partial charge in [-0.05, 0) is 54.7 Å². The van der Waals surface area contributed by atoms with Crippen LogP contribution in [0.4, 0.5) is 0 Å². The average Bonchev–Trinajstić information content (AvgIpc) is 3.13. The number of ether oxygens (including phenoxy) is 3. The van der Waals surface area contributed by atoms with Crippen molar-refractivity contribution in [1.82, 2.24) is 15.0 Å². The Kier molecular flexibility index (Phi) is 9.52. The lowest BCUT2D eigenvalue weighted by molar-refractivity contribution is 0.241. The summed E-state index contributed by atoms with van der Waals surface area (Å²) in [4.78, 5) is 12.8. The number of hydrogen-bond acceptors (Lipinski definition) is 10. The second-order valence-electron chi connectivity index (χ2n) is 11.5. The van der Waals surface area contributed by atoms with Crippen molar-refractivity contribution in [3.63, 3.8) is 0 Å². The Hall–Kier alpha value is -4.91. The van der Waals surface area contributed by atoms with Crippen LogP contribution < -0.4 is 33.9 Å². The molecule has 7 rings (SSSR count). The highest BCUT2D eigenvalue weighted by molar-refractivity contribution is 7.68. The van der Waals surface area contributed by atoms with Crippen LogP contribution in [0.3, 0.4) is 0 Å². The summed E-state index contributed by atoms with van der Waals surface area (Å²) in [6.45, 7) is 4.31. The lowest BCUT2D eigenvalue weighted by Gasteiger charge is -2.28. The first kappa shape index (κ1) is 32.6. The van der Waals surface area contributed by atoms with Crippen LogP contribution in [0.5, 0.6) is 29.5 Å². The molecular weight excluding hydrogens is 660 g/mol. The summed E-state index contributed by atoms with van der Waals surface area (Å²) in [6, 6.07) is 30.8. The standard InChI is InChI=1S/C37H35N3O7P2/c1-2-22-43-35-38-36(44-23-11-12-25-48(41)33-20-9-5-16-29(33)27-14-3-7-18-31(27)46-48)40-37(39-35)45-24-13-26-49(42)34-21-10-6-17-30(34)28-15-4-8-19-32(28)47-49/h2-10,14-21H,1,11-13,22-26H2. The van der Waals surface area contributed by atoms with E-state index in [-0.39, 0.29) is 44.0 Å². The number of nitrogens with zero attached hydrogens (tertiary/aromatic N) is 3. The molecule has 3 heterocycles. The third kappa shape index (κ3) is 6.98. The zero-order valence-corrected chi connectivity index (χ0v) is 28.6. The van der Waals surface area contributed by atoms with Gasteiger partial charge in [0.2, 0.25) is 0 Å². The Balaban J connectivity index is 0.953. The molecular formula is C37H35N3O7P2. The lowest BCUT2D eigenvalue weighted by atomic mass is 10.0. The van der Waals surface area contributed by atoms with Gasteiger partial charge in [0.25, 0.3) is 14.7 Å². The summed E-state index contributed by atoms with van der Waals surface area (Å²) in [5, 5.41) is 1.45. The van der Waals surface area contributed by atoms with Crippen molar-refractivity contribution in [2.24, 2.45) is 0 Å². The summed E-state index contributed by atoms with van der Waals surface area (Å²) in [7, 11) is -6.30. The molecule has 0 radical (unpaired) electrons. The van der Waals surface area contributed by atoms with E-state index in [0.29, 0.717) is 42.2 Å². The molecule has 0 saturated heterocycles. The molecule has 0 bridgehead atoms. The minimum absolute atomic E-state index is 0.0213. The summed E-state index contributed by atoms with van der Waals surface area (Å²) in [5.74, 6) is 1.25. The molecule has 12 heteroatoms. The van der Waals surface area contributed by atoms with Gasteiger partial charge >= 0.3 is 18.0 Å². The maximum absolute atomic E-state index is 14.1. The zero-order valence-electron chi connectivity index (χ0n) is 26.8. The van der Waals surface area contributed by atoms with Crippen LogP contribution in [-0.4, -0.2) is 47.1 Å². The monoisotopic (exact) mass is 695 g/mol.